The van der Waals surface area contributed by atoms with Gasteiger partial charge in [-0.1, -0.05) is 30.3 Å². The molecule has 1 atom stereocenters. The van der Waals surface area contributed by atoms with Crippen LogP contribution in [0.4, 0.5) is 13.2 Å². The first-order chi connectivity index (χ1) is 7.74. The smallest absolute Gasteiger partial charge is 0.386 e. The first kappa shape index (κ1) is 13.9. The third kappa shape index (κ3) is 3.69. The van der Waals surface area contributed by atoms with E-state index < -0.39 is 28.3 Å². The highest BCUT2D eigenvalue weighted by molar-refractivity contribution is 7.87. The van der Waals surface area contributed by atoms with Crippen LogP contribution in [0.25, 0.3) is 0 Å². The molecule has 1 aromatic carbocycles. The Morgan fingerprint density at radius 3 is 2.24 bits per heavy atom. The van der Waals surface area contributed by atoms with Gasteiger partial charge >= 0.3 is 15.6 Å². The molecule has 0 saturated heterocycles. The first-order valence-electron chi connectivity index (χ1n) is 4.43. The van der Waals surface area contributed by atoms with Crippen LogP contribution in [-0.2, 0) is 14.3 Å². The van der Waals surface area contributed by atoms with Gasteiger partial charge in [0.15, 0.2) is 0 Å². The minimum Gasteiger partial charge on any atom is -0.386 e. The molecule has 0 aliphatic heterocycles. The number of aliphatic hydroxyl groups excluding tert-OH is 1. The van der Waals surface area contributed by atoms with E-state index in [1.54, 1.807) is 18.2 Å². The molecule has 0 aliphatic carbocycles. The molecule has 0 fully saturated rings. The zero-order valence-electron chi connectivity index (χ0n) is 8.39. The van der Waals surface area contributed by atoms with Gasteiger partial charge < -0.3 is 5.11 Å². The van der Waals surface area contributed by atoms with E-state index in [1.165, 1.54) is 12.1 Å². The molecule has 96 valence electrons. The summed E-state index contributed by atoms with van der Waals surface area (Å²) >= 11 is 0. The van der Waals surface area contributed by atoms with Crippen molar-refractivity contribution in [1.29, 1.82) is 0 Å². The van der Waals surface area contributed by atoms with Crippen LogP contribution in [0, 0.1) is 0 Å². The van der Waals surface area contributed by atoms with Crippen molar-refractivity contribution in [3.8, 4) is 0 Å². The van der Waals surface area contributed by atoms with Crippen molar-refractivity contribution in [2.75, 3.05) is 6.61 Å². The maximum Gasteiger partial charge on any atom is 0.523 e. The molecule has 1 rings (SSSR count). The number of halogens is 3. The summed E-state index contributed by atoms with van der Waals surface area (Å²) in [5.41, 5.74) is -5.21. The third-order valence-electron chi connectivity index (χ3n) is 1.85. The average Bonchev–Trinajstić information content (AvgIpc) is 2.25. The second kappa shape index (κ2) is 5.03. The number of alkyl halides is 3. The number of aliphatic hydroxyl groups is 1. The van der Waals surface area contributed by atoms with Crippen LogP contribution in [0.2, 0.25) is 0 Å². The van der Waals surface area contributed by atoms with Gasteiger partial charge in [0.1, 0.15) is 6.10 Å². The van der Waals surface area contributed by atoms with E-state index in [1.807, 2.05) is 0 Å². The maximum absolute atomic E-state index is 11.9. The van der Waals surface area contributed by atoms with Crippen LogP contribution in [0.5, 0.6) is 0 Å². The van der Waals surface area contributed by atoms with Crippen molar-refractivity contribution < 1.29 is 30.9 Å². The lowest BCUT2D eigenvalue weighted by Crippen LogP contribution is -2.27. The number of benzene rings is 1. The van der Waals surface area contributed by atoms with Crippen molar-refractivity contribution in [2.45, 2.75) is 11.6 Å². The Labute approximate surface area is 95.8 Å². The van der Waals surface area contributed by atoms with Gasteiger partial charge in [-0.05, 0) is 5.56 Å². The van der Waals surface area contributed by atoms with Crippen molar-refractivity contribution >= 4 is 10.1 Å². The Kier molecular flexibility index (Phi) is 4.12. The summed E-state index contributed by atoms with van der Waals surface area (Å²) in [6.07, 6.45) is -1.44. The van der Waals surface area contributed by atoms with E-state index in [0.717, 1.165) is 0 Å². The normalized spacial score (nSPS) is 14.6. The molecule has 0 amide bonds. The molecule has 8 heteroatoms. The molecule has 17 heavy (non-hydrogen) atoms. The predicted octanol–water partition coefficient (Wildman–Crippen LogP) is 1.59. The molecule has 0 radical (unpaired) electrons. The lowest BCUT2D eigenvalue weighted by atomic mass is 10.1. The largest absolute Gasteiger partial charge is 0.523 e. The second-order valence-electron chi connectivity index (χ2n) is 3.11. The van der Waals surface area contributed by atoms with E-state index in [0.29, 0.717) is 0 Å². The Balaban J connectivity index is 2.64. The van der Waals surface area contributed by atoms with Crippen LogP contribution in [0.3, 0.4) is 0 Å². The molecule has 4 nitrogen and oxygen atoms in total. The minimum absolute atomic E-state index is 0.268. The van der Waals surface area contributed by atoms with E-state index in [-0.39, 0.29) is 5.56 Å². The van der Waals surface area contributed by atoms with Gasteiger partial charge in [0.05, 0.1) is 6.61 Å². The molecule has 1 aromatic rings. The van der Waals surface area contributed by atoms with E-state index in [4.69, 9.17) is 0 Å². The fourth-order valence-electron chi connectivity index (χ4n) is 0.992. The van der Waals surface area contributed by atoms with E-state index >= 15 is 0 Å². The summed E-state index contributed by atoms with van der Waals surface area (Å²) in [5, 5.41) is 9.39. The Hall–Kier alpha value is -1.12. The topological polar surface area (TPSA) is 63.6 Å². The number of rotatable bonds is 4. The SMILES string of the molecule is O=S(=O)(OCC(O)c1ccccc1)C(F)(F)F. The molecule has 0 aliphatic rings. The standard InChI is InChI=1S/C9H9F3O4S/c10-9(11,12)17(14,15)16-6-8(13)7-4-2-1-3-5-7/h1-5,8,13H,6H2. The van der Waals surface area contributed by atoms with Crippen LogP contribution in [0.15, 0.2) is 30.3 Å². The van der Waals surface area contributed by atoms with Crippen molar-refractivity contribution in [1.82, 2.24) is 0 Å². The average molecular weight is 270 g/mol. The minimum atomic E-state index is -5.66. The van der Waals surface area contributed by atoms with E-state index in [2.05, 4.69) is 4.18 Å². The van der Waals surface area contributed by atoms with Gasteiger partial charge in [0, 0.05) is 0 Å². The summed E-state index contributed by atoms with van der Waals surface area (Å²) in [5.74, 6) is 0. The first-order valence-corrected chi connectivity index (χ1v) is 5.83. The highest BCUT2D eigenvalue weighted by atomic mass is 32.2. The van der Waals surface area contributed by atoms with Crippen LogP contribution in [0.1, 0.15) is 11.7 Å². The molecular formula is C9H9F3O4S. The number of hydrogen-bond donors (Lipinski definition) is 1. The zero-order valence-corrected chi connectivity index (χ0v) is 9.20. The zero-order chi connectivity index (χ0) is 13.1. The van der Waals surface area contributed by atoms with Gasteiger partial charge in [-0.2, -0.15) is 21.6 Å². The molecule has 1 N–H and O–H groups in total. The van der Waals surface area contributed by atoms with Gasteiger partial charge in [-0.25, -0.2) is 0 Å². The molecule has 1 unspecified atom stereocenters. The van der Waals surface area contributed by atoms with Crippen LogP contribution >= 0.6 is 0 Å². The summed E-state index contributed by atoms with van der Waals surface area (Å²) < 4.78 is 60.4. The third-order valence-corrected chi connectivity index (χ3v) is 2.86. The number of hydrogen-bond acceptors (Lipinski definition) is 4. The Morgan fingerprint density at radius 2 is 1.76 bits per heavy atom. The van der Waals surface area contributed by atoms with Gasteiger partial charge in [0.25, 0.3) is 0 Å². The lowest BCUT2D eigenvalue weighted by molar-refractivity contribution is -0.0565. The summed E-state index contributed by atoms with van der Waals surface area (Å²) in [7, 11) is -5.66. The monoisotopic (exact) mass is 270 g/mol. The Morgan fingerprint density at radius 1 is 1.24 bits per heavy atom. The van der Waals surface area contributed by atoms with E-state index in [9.17, 15) is 26.7 Å². The fourth-order valence-corrected chi connectivity index (χ4v) is 1.43. The molecule has 0 bridgehead atoms. The van der Waals surface area contributed by atoms with Crippen molar-refractivity contribution in [3.63, 3.8) is 0 Å². The fraction of sp³-hybridized carbons (Fsp3) is 0.333. The molecule has 0 saturated carbocycles. The predicted molar refractivity (Wildman–Crippen MR) is 52.3 cm³/mol. The summed E-state index contributed by atoms with van der Waals surface area (Å²) in [6.45, 7) is -0.980. The molecule has 0 heterocycles. The van der Waals surface area contributed by atoms with Crippen LogP contribution < -0.4 is 0 Å². The maximum atomic E-state index is 11.9. The van der Waals surface area contributed by atoms with Crippen molar-refractivity contribution in [2.24, 2.45) is 0 Å². The Bertz CT molecular complexity index is 455. The second-order valence-corrected chi connectivity index (χ2v) is 4.72. The van der Waals surface area contributed by atoms with Gasteiger partial charge in [0.2, 0.25) is 0 Å². The highest BCUT2D eigenvalue weighted by Gasteiger charge is 2.47. The quantitative estimate of drug-likeness (QED) is 0.666. The molecular weight excluding hydrogens is 261 g/mol. The van der Waals surface area contributed by atoms with Crippen molar-refractivity contribution in [3.05, 3.63) is 35.9 Å². The van der Waals surface area contributed by atoms with Gasteiger partial charge in [-0.15, -0.1) is 0 Å². The lowest BCUT2D eigenvalue weighted by Gasteiger charge is -2.12. The summed E-state index contributed by atoms with van der Waals surface area (Å²) in [4.78, 5) is 0. The molecule has 0 aromatic heterocycles. The van der Waals surface area contributed by atoms with Crippen LogP contribution in [-0.4, -0.2) is 25.6 Å². The summed E-state index contributed by atoms with van der Waals surface area (Å²) in [6, 6.07) is 7.62. The molecule has 0 spiro atoms. The van der Waals surface area contributed by atoms with Gasteiger partial charge in [-0.3, -0.25) is 4.18 Å². The highest BCUT2D eigenvalue weighted by Crippen LogP contribution is 2.25.